The Morgan fingerprint density at radius 1 is 0.756 bits per heavy atom. The van der Waals surface area contributed by atoms with Crippen molar-refractivity contribution < 1.29 is 44.3 Å². The molecule has 0 saturated carbocycles. The maximum Gasteiger partial charge on any atom is 0.347 e. The molecule has 0 atom stereocenters. The first-order valence-electron chi connectivity index (χ1n) is 12.6. The average Bonchev–Trinajstić information content (AvgIpc) is 2.93. The molecule has 0 bridgehead atoms. The normalized spacial score (nSPS) is 13.9. The predicted octanol–water partition coefficient (Wildman–Crippen LogP) is 4.46. The van der Waals surface area contributed by atoms with Gasteiger partial charge in [-0.15, -0.1) is 0 Å². The van der Waals surface area contributed by atoms with Gasteiger partial charge >= 0.3 is 5.63 Å². The van der Waals surface area contributed by atoms with Crippen molar-refractivity contribution in [1.82, 2.24) is 0 Å². The Hall–Kier alpha value is -5.51. The molecule has 1 aromatic heterocycles. The summed E-state index contributed by atoms with van der Waals surface area (Å²) in [6, 6.07) is 4.19. The fourth-order valence-electron chi connectivity index (χ4n) is 5.71. The highest BCUT2D eigenvalue weighted by atomic mass is 16.5. The summed E-state index contributed by atoms with van der Waals surface area (Å²) < 4.78 is 10.3. The number of fused-ring (bicyclic) bond motifs is 6. The van der Waals surface area contributed by atoms with Gasteiger partial charge in [-0.3, -0.25) is 9.59 Å². The Kier molecular flexibility index (Phi) is 5.66. The van der Waals surface area contributed by atoms with Crippen LogP contribution in [0.25, 0.3) is 28.0 Å². The van der Waals surface area contributed by atoms with E-state index >= 15 is 0 Å². The minimum absolute atomic E-state index is 0.00621. The number of carbonyl (C=O) groups is 2. The van der Waals surface area contributed by atoms with Gasteiger partial charge in [0.15, 0.2) is 11.5 Å². The number of aryl methyl sites for hydroxylation is 1. The SMILES string of the molecule is C/C=C/C=C/c1cc2cc3c(c(O)c2c(=O)o1)-c1c(O)c2c(c(O)c1CC3)C(=O)c1c(O)c(OC)cc(O)c1C2=O. The second kappa shape index (κ2) is 9.02. The highest BCUT2D eigenvalue weighted by Crippen LogP contribution is 2.55. The van der Waals surface area contributed by atoms with Crippen LogP contribution in [0.5, 0.6) is 34.5 Å². The second-order valence-electron chi connectivity index (χ2n) is 9.70. The van der Waals surface area contributed by atoms with Crippen molar-refractivity contribution >= 4 is 28.4 Å². The van der Waals surface area contributed by atoms with E-state index in [4.69, 9.17) is 9.15 Å². The standard InChI is InChI=1S/C31H22O10/c1-3-4-5-6-14-10-13-9-12-7-8-15-20(18(12)27(35)19(13)31(39)41-14)28(36)24-23(25(15)33)30(38)22-21(29(24)37)16(32)11-17(40-2)26(22)34/h3-6,9-11,32-36H,7-8H2,1-2H3/b4-3+,6-5+. The third kappa shape index (κ3) is 3.47. The molecule has 0 radical (unpaired) electrons. The summed E-state index contributed by atoms with van der Waals surface area (Å²) in [6.07, 6.45) is 7.19. The molecular formula is C31H22O10. The summed E-state index contributed by atoms with van der Waals surface area (Å²) in [6.45, 7) is 1.83. The van der Waals surface area contributed by atoms with E-state index in [1.807, 2.05) is 6.92 Å². The van der Waals surface area contributed by atoms with Gasteiger partial charge in [-0.2, -0.15) is 0 Å². The molecule has 0 unspecified atom stereocenters. The molecule has 10 heteroatoms. The summed E-state index contributed by atoms with van der Waals surface area (Å²) in [5.74, 6) is -5.31. The van der Waals surface area contributed by atoms with E-state index in [1.165, 1.54) is 7.11 Å². The van der Waals surface area contributed by atoms with Crippen molar-refractivity contribution in [3.63, 3.8) is 0 Å². The number of hydrogen-bond donors (Lipinski definition) is 5. The molecule has 0 fully saturated rings. The van der Waals surface area contributed by atoms with Crippen LogP contribution in [0.1, 0.15) is 55.7 Å². The number of phenols is 5. The molecule has 206 valence electrons. The van der Waals surface area contributed by atoms with Crippen LogP contribution in [0, 0.1) is 0 Å². The maximum absolute atomic E-state index is 13.6. The van der Waals surface area contributed by atoms with Crippen molar-refractivity contribution in [1.29, 1.82) is 0 Å². The zero-order valence-corrected chi connectivity index (χ0v) is 21.7. The number of hydrogen-bond acceptors (Lipinski definition) is 10. The van der Waals surface area contributed by atoms with Crippen molar-refractivity contribution in [2.24, 2.45) is 0 Å². The van der Waals surface area contributed by atoms with E-state index in [0.29, 0.717) is 10.9 Å². The Bertz CT molecular complexity index is 1990. The van der Waals surface area contributed by atoms with Crippen LogP contribution in [0.2, 0.25) is 0 Å². The minimum Gasteiger partial charge on any atom is -0.507 e. The molecule has 10 nitrogen and oxygen atoms in total. The van der Waals surface area contributed by atoms with Gasteiger partial charge in [0.25, 0.3) is 0 Å². The molecule has 0 saturated heterocycles. The lowest BCUT2D eigenvalue weighted by atomic mass is 9.75. The smallest absolute Gasteiger partial charge is 0.347 e. The number of aromatic hydroxyl groups is 5. The highest BCUT2D eigenvalue weighted by molar-refractivity contribution is 6.33. The van der Waals surface area contributed by atoms with Gasteiger partial charge < -0.3 is 34.7 Å². The van der Waals surface area contributed by atoms with Crippen molar-refractivity contribution in [3.05, 3.63) is 86.0 Å². The molecule has 0 spiro atoms. The second-order valence-corrected chi connectivity index (χ2v) is 9.70. The molecule has 5 N–H and O–H groups in total. The van der Waals surface area contributed by atoms with Crippen LogP contribution >= 0.6 is 0 Å². The molecule has 41 heavy (non-hydrogen) atoms. The predicted molar refractivity (Wildman–Crippen MR) is 147 cm³/mol. The summed E-state index contributed by atoms with van der Waals surface area (Å²) in [5.41, 5.74) is -2.69. The van der Waals surface area contributed by atoms with Crippen LogP contribution in [0.15, 0.2) is 45.6 Å². The average molecular weight is 555 g/mol. The largest absolute Gasteiger partial charge is 0.507 e. The summed E-state index contributed by atoms with van der Waals surface area (Å²) in [7, 11) is 1.19. The Balaban J connectivity index is 1.64. The zero-order valence-electron chi connectivity index (χ0n) is 21.7. The summed E-state index contributed by atoms with van der Waals surface area (Å²) in [4.78, 5) is 40.1. The number of carbonyl (C=O) groups excluding carboxylic acids is 2. The number of ketones is 2. The van der Waals surface area contributed by atoms with Crippen LogP contribution in [0.4, 0.5) is 0 Å². The van der Waals surface area contributed by atoms with Gasteiger partial charge in [0.1, 0.15) is 34.1 Å². The fraction of sp³-hybridized carbons (Fsp3) is 0.129. The van der Waals surface area contributed by atoms with Crippen LogP contribution < -0.4 is 10.4 Å². The van der Waals surface area contributed by atoms with Gasteiger partial charge in [0, 0.05) is 22.8 Å². The number of allylic oxidation sites excluding steroid dienone is 3. The van der Waals surface area contributed by atoms with Gasteiger partial charge in [0.05, 0.1) is 29.4 Å². The fourth-order valence-corrected chi connectivity index (χ4v) is 5.71. The molecule has 2 aliphatic carbocycles. The third-order valence-corrected chi connectivity index (χ3v) is 7.50. The quantitative estimate of drug-likeness (QED) is 0.158. The highest BCUT2D eigenvalue weighted by Gasteiger charge is 2.43. The third-order valence-electron chi connectivity index (χ3n) is 7.50. The summed E-state index contributed by atoms with van der Waals surface area (Å²) in [5, 5.41) is 55.5. The minimum atomic E-state index is -1.04. The van der Waals surface area contributed by atoms with Gasteiger partial charge in [-0.05, 0) is 48.9 Å². The van der Waals surface area contributed by atoms with Crippen molar-refractivity contribution in [2.45, 2.75) is 19.8 Å². The van der Waals surface area contributed by atoms with Crippen LogP contribution in [-0.2, 0) is 12.8 Å². The van der Waals surface area contributed by atoms with E-state index in [1.54, 1.807) is 36.4 Å². The monoisotopic (exact) mass is 554 g/mol. The maximum atomic E-state index is 13.6. The molecular weight excluding hydrogens is 532 g/mol. The van der Waals surface area contributed by atoms with Crippen molar-refractivity contribution in [2.75, 3.05) is 7.11 Å². The number of benzene rings is 3. The lowest BCUT2D eigenvalue weighted by Gasteiger charge is -2.28. The van der Waals surface area contributed by atoms with Crippen molar-refractivity contribution in [3.8, 4) is 45.6 Å². The van der Waals surface area contributed by atoms with E-state index in [0.717, 1.165) is 6.07 Å². The number of methoxy groups -OCH3 is 1. The molecule has 4 aromatic rings. The number of phenolic OH excluding ortho intramolecular Hbond substituents is 5. The Morgan fingerprint density at radius 2 is 1.44 bits per heavy atom. The van der Waals surface area contributed by atoms with Crippen LogP contribution in [-0.4, -0.2) is 44.2 Å². The lowest BCUT2D eigenvalue weighted by molar-refractivity contribution is 0.0968. The van der Waals surface area contributed by atoms with E-state index in [-0.39, 0.29) is 46.4 Å². The van der Waals surface area contributed by atoms with E-state index < -0.39 is 68.2 Å². The van der Waals surface area contributed by atoms with Gasteiger partial charge in [0.2, 0.25) is 11.6 Å². The molecule has 6 rings (SSSR count). The van der Waals surface area contributed by atoms with Gasteiger partial charge in [-0.25, -0.2) is 4.79 Å². The zero-order chi connectivity index (χ0) is 29.3. The first-order chi connectivity index (χ1) is 19.6. The first-order valence-corrected chi connectivity index (χ1v) is 12.6. The Morgan fingerprint density at radius 3 is 2.15 bits per heavy atom. The first kappa shape index (κ1) is 25.8. The Labute approximate surface area is 231 Å². The topological polar surface area (TPSA) is 175 Å². The molecule has 0 aliphatic heterocycles. The molecule has 2 aliphatic rings. The summed E-state index contributed by atoms with van der Waals surface area (Å²) >= 11 is 0. The molecule has 1 heterocycles. The molecule has 0 amide bonds. The van der Waals surface area contributed by atoms with Crippen LogP contribution in [0.3, 0.4) is 0 Å². The van der Waals surface area contributed by atoms with Gasteiger partial charge in [-0.1, -0.05) is 18.2 Å². The number of rotatable bonds is 3. The molecule has 3 aromatic carbocycles. The number of ether oxygens (including phenoxy) is 1. The van der Waals surface area contributed by atoms with E-state index in [9.17, 15) is 39.9 Å². The van der Waals surface area contributed by atoms with E-state index in [2.05, 4.69) is 0 Å². The lowest BCUT2D eigenvalue weighted by Crippen LogP contribution is -2.23.